The molecule has 2 N–H and O–H groups in total. The average molecular weight is 400 g/mol. The van der Waals surface area contributed by atoms with Gasteiger partial charge in [0.25, 0.3) is 0 Å². The van der Waals surface area contributed by atoms with E-state index >= 15 is 0 Å². The summed E-state index contributed by atoms with van der Waals surface area (Å²) < 4.78 is 11.2. The minimum Gasteiger partial charge on any atom is -0.381 e. The maximum absolute atomic E-state index is 13.0. The molecule has 1 aromatic rings. The molecule has 0 unspecified atom stereocenters. The van der Waals surface area contributed by atoms with Crippen LogP contribution in [0.5, 0.6) is 0 Å². The summed E-state index contributed by atoms with van der Waals surface area (Å²) in [4.78, 5) is 15.5. The molecule has 0 bridgehead atoms. The first-order valence-electron chi connectivity index (χ1n) is 11.4. The molecule has 0 spiro atoms. The highest BCUT2D eigenvalue weighted by molar-refractivity contribution is 5.92. The molecule has 6 nitrogen and oxygen atoms in total. The van der Waals surface area contributed by atoms with Gasteiger partial charge in [-0.2, -0.15) is 0 Å². The summed E-state index contributed by atoms with van der Waals surface area (Å²) in [6.07, 6.45) is 8.81. The number of nitrogens with one attached hydrogen (secondary N) is 2. The Morgan fingerprint density at radius 3 is 2.21 bits per heavy atom. The molecule has 2 fully saturated rings. The number of amides is 2. The molecule has 0 atom stereocenters. The minimum absolute atomic E-state index is 0.0139. The zero-order valence-corrected chi connectivity index (χ0v) is 17.4. The largest absolute Gasteiger partial charge is 0.381 e. The van der Waals surface area contributed by atoms with Crippen LogP contribution in [0.2, 0.25) is 0 Å². The van der Waals surface area contributed by atoms with Crippen LogP contribution in [0.4, 0.5) is 10.5 Å². The molecule has 2 aliphatic carbocycles. The third-order valence-electron chi connectivity index (χ3n) is 7.39. The fourth-order valence-electron chi connectivity index (χ4n) is 5.76. The van der Waals surface area contributed by atoms with Gasteiger partial charge in [0.15, 0.2) is 0 Å². The van der Waals surface area contributed by atoms with Gasteiger partial charge < -0.3 is 20.1 Å². The van der Waals surface area contributed by atoms with E-state index in [0.29, 0.717) is 6.54 Å². The van der Waals surface area contributed by atoms with Crippen LogP contribution in [0, 0.1) is 0 Å². The SMILES string of the molecule is O=C(NCC1(N2CCOCC2)CCOCC1)Nc1c2c(cc3c1CCC3)CCC2. The number of ether oxygens (including phenoxy) is 2. The summed E-state index contributed by atoms with van der Waals surface area (Å²) in [5, 5.41) is 6.51. The van der Waals surface area contributed by atoms with Crippen LogP contribution < -0.4 is 10.6 Å². The summed E-state index contributed by atoms with van der Waals surface area (Å²) in [6, 6.07) is 2.35. The first kappa shape index (κ1) is 19.3. The van der Waals surface area contributed by atoms with Crippen molar-refractivity contribution in [1.82, 2.24) is 10.2 Å². The molecule has 6 heteroatoms. The lowest BCUT2D eigenvalue weighted by Crippen LogP contribution is -2.61. The van der Waals surface area contributed by atoms with E-state index in [-0.39, 0.29) is 11.6 Å². The van der Waals surface area contributed by atoms with E-state index in [2.05, 4.69) is 21.6 Å². The Morgan fingerprint density at radius 1 is 0.931 bits per heavy atom. The van der Waals surface area contributed by atoms with Crippen molar-refractivity contribution in [3.8, 4) is 0 Å². The molecule has 0 radical (unpaired) electrons. The standard InChI is InChI=1S/C23H33N3O3/c27-22(24-16-23(7-11-28-12-8-23)26-9-13-29-14-10-26)25-21-19-5-1-3-17(19)15-18-4-2-6-20(18)21/h15H,1-14,16H2,(H2,24,25,27). The maximum atomic E-state index is 13.0. The number of urea groups is 1. The molecular formula is C23H33N3O3. The zero-order valence-electron chi connectivity index (χ0n) is 17.4. The number of aryl methyl sites for hydroxylation is 2. The topological polar surface area (TPSA) is 62.8 Å². The number of hydrogen-bond acceptors (Lipinski definition) is 4. The van der Waals surface area contributed by atoms with Gasteiger partial charge in [0.2, 0.25) is 0 Å². The Hall–Kier alpha value is -1.63. The molecule has 0 aromatic heterocycles. The normalized spacial score (nSPS) is 23.4. The summed E-state index contributed by atoms with van der Waals surface area (Å²) in [6.45, 7) is 5.61. The second kappa shape index (κ2) is 8.25. The van der Waals surface area contributed by atoms with E-state index in [9.17, 15) is 4.79 Å². The van der Waals surface area contributed by atoms with E-state index in [1.54, 1.807) is 0 Å². The highest BCUT2D eigenvalue weighted by atomic mass is 16.5. The predicted octanol–water partition coefficient (Wildman–Crippen LogP) is 2.67. The number of rotatable bonds is 4. The number of hydrogen-bond donors (Lipinski definition) is 2. The molecular weight excluding hydrogens is 366 g/mol. The van der Waals surface area contributed by atoms with Crippen molar-refractivity contribution in [2.45, 2.75) is 56.9 Å². The van der Waals surface area contributed by atoms with Gasteiger partial charge in [0.05, 0.1) is 13.2 Å². The quantitative estimate of drug-likeness (QED) is 0.817. The number of anilines is 1. The Bertz CT molecular complexity index is 735. The third-order valence-corrected chi connectivity index (χ3v) is 7.39. The van der Waals surface area contributed by atoms with Crippen molar-refractivity contribution in [2.24, 2.45) is 0 Å². The second-order valence-electron chi connectivity index (χ2n) is 8.98. The van der Waals surface area contributed by atoms with Crippen LogP contribution in [0.1, 0.15) is 47.9 Å². The maximum Gasteiger partial charge on any atom is 0.319 e. The molecule has 4 aliphatic rings. The van der Waals surface area contributed by atoms with Crippen molar-refractivity contribution in [3.05, 3.63) is 28.3 Å². The van der Waals surface area contributed by atoms with Crippen molar-refractivity contribution in [2.75, 3.05) is 51.4 Å². The van der Waals surface area contributed by atoms with E-state index < -0.39 is 0 Å². The molecule has 2 amide bonds. The number of morpholine rings is 1. The van der Waals surface area contributed by atoms with Gasteiger partial charge in [-0.25, -0.2) is 4.79 Å². The number of carbonyl (C=O) groups excluding carboxylic acids is 1. The molecule has 2 heterocycles. The average Bonchev–Trinajstić information content (AvgIpc) is 3.43. The van der Waals surface area contributed by atoms with Gasteiger partial charge >= 0.3 is 6.03 Å². The van der Waals surface area contributed by atoms with Gasteiger partial charge in [0.1, 0.15) is 0 Å². The van der Waals surface area contributed by atoms with Gasteiger partial charge in [-0.1, -0.05) is 6.07 Å². The molecule has 2 aliphatic heterocycles. The second-order valence-corrected chi connectivity index (χ2v) is 8.98. The number of benzene rings is 1. The molecule has 5 rings (SSSR count). The monoisotopic (exact) mass is 399 g/mol. The van der Waals surface area contributed by atoms with Crippen molar-refractivity contribution in [1.29, 1.82) is 0 Å². The first-order valence-corrected chi connectivity index (χ1v) is 11.4. The molecule has 2 saturated heterocycles. The van der Waals surface area contributed by atoms with E-state index in [4.69, 9.17) is 9.47 Å². The zero-order chi connectivity index (χ0) is 19.7. The molecule has 29 heavy (non-hydrogen) atoms. The van der Waals surface area contributed by atoms with Crippen LogP contribution in [-0.2, 0) is 35.2 Å². The van der Waals surface area contributed by atoms with Crippen LogP contribution in [0.3, 0.4) is 0 Å². The minimum atomic E-state index is -0.0569. The first-order chi connectivity index (χ1) is 14.3. The van der Waals surface area contributed by atoms with E-state index in [1.165, 1.54) is 35.1 Å². The third kappa shape index (κ3) is 3.78. The Balaban J connectivity index is 1.30. The van der Waals surface area contributed by atoms with Gasteiger partial charge in [-0.05, 0) is 73.6 Å². The van der Waals surface area contributed by atoms with Crippen molar-refractivity contribution < 1.29 is 14.3 Å². The summed E-state index contributed by atoms with van der Waals surface area (Å²) in [5.41, 5.74) is 6.78. The lowest BCUT2D eigenvalue weighted by Gasteiger charge is -2.47. The van der Waals surface area contributed by atoms with Crippen molar-refractivity contribution >= 4 is 11.7 Å². The van der Waals surface area contributed by atoms with Gasteiger partial charge in [-0.15, -0.1) is 0 Å². The van der Waals surface area contributed by atoms with E-state index in [0.717, 1.165) is 83.7 Å². The predicted molar refractivity (Wildman–Crippen MR) is 113 cm³/mol. The Kier molecular flexibility index (Phi) is 5.50. The summed E-state index contributed by atoms with van der Waals surface area (Å²) in [7, 11) is 0. The molecule has 0 saturated carbocycles. The summed E-state index contributed by atoms with van der Waals surface area (Å²) in [5.74, 6) is 0. The summed E-state index contributed by atoms with van der Waals surface area (Å²) >= 11 is 0. The number of nitrogens with zero attached hydrogens (tertiary/aromatic N) is 1. The van der Waals surface area contributed by atoms with Gasteiger partial charge in [-0.3, -0.25) is 4.90 Å². The fourth-order valence-corrected chi connectivity index (χ4v) is 5.76. The Morgan fingerprint density at radius 2 is 1.55 bits per heavy atom. The van der Waals surface area contributed by atoms with Crippen molar-refractivity contribution in [3.63, 3.8) is 0 Å². The fraction of sp³-hybridized carbons (Fsp3) is 0.696. The van der Waals surface area contributed by atoms with E-state index in [1.807, 2.05) is 0 Å². The van der Waals surface area contributed by atoms with Crippen LogP contribution in [0.15, 0.2) is 6.07 Å². The molecule has 1 aromatic carbocycles. The lowest BCUT2D eigenvalue weighted by molar-refractivity contribution is -0.0689. The highest BCUT2D eigenvalue weighted by Gasteiger charge is 2.39. The lowest BCUT2D eigenvalue weighted by atomic mass is 9.87. The molecule has 158 valence electrons. The number of fused-ring (bicyclic) bond motifs is 2. The Labute approximate surface area is 173 Å². The van der Waals surface area contributed by atoms with Crippen LogP contribution in [-0.4, -0.2) is 62.5 Å². The number of carbonyl (C=O) groups is 1. The van der Waals surface area contributed by atoms with Gasteiger partial charge in [0, 0.05) is 44.1 Å². The van der Waals surface area contributed by atoms with Crippen LogP contribution in [0.25, 0.3) is 0 Å². The highest BCUT2D eigenvalue weighted by Crippen LogP contribution is 2.38. The van der Waals surface area contributed by atoms with Crippen LogP contribution >= 0.6 is 0 Å². The smallest absolute Gasteiger partial charge is 0.319 e.